The molecule has 0 spiro atoms. The smallest absolute Gasteiger partial charge is 0.253 e. The quantitative estimate of drug-likeness (QED) is 0.570. The molecule has 2 rings (SSSR count). The van der Waals surface area contributed by atoms with Crippen molar-refractivity contribution >= 4 is 5.69 Å². The third-order valence-electron chi connectivity index (χ3n) is 2.48. The minimum atomic E-state index is 0.0886. The number of anilines is 1. The molecule has 70 valence electrons. The van der Waals surface area contributed by atoms with Crippen LogP contribution in [0.1, 0.15) is 11.1 Å². The van der Waals surface area contributed by atoms with Crippen LogP contribution in [0, 0.1) is 0 Å². The van der Waals surface area contributed by atoms with E-state index in [1.165, 1.54) is 0 Å². The first-order valence-corrected chi connectivity index (χ1v) is 4.37. The maximum Gasteiger partial charge on any atom is 0.253 e. The second kappa shape index (κ2) is 2.88. The minimum Gasteiger partial charge on any atom is -0.397 e. The Morgan fingerprint density at radius 2 is 2.31 bits per heavy atom. The number of hydrogen-bond acceptors (Lipinski definition) is 3. The highest BCUT2D eigenvalue weighted by molar-refractivity contribution is 5.49. The molecule has 0 aromatic carbocycles. The fourth-order valence-corrected chi connectivity index (χ4v) is 1.75. The molecule has 4 heteroatoms. The largest absolute Gasteiger partial charge is 0.397 e. The number of hydrogen-bond donors (Lipinski definition) is 2. The lowest BCUT2D eigenvalue weighted by molar-refractivity contribution is 0.630. The molecule has 3 N–H and O–H groups in total. The van der Waals surface area contributed by atoms with Crippen molar-refractivity contribution in [3.05, 3.63) is 27.7 Å². The Labute approximate surface area is 76.4 Å². The number of aryl methyl sites for hydroxylation is 1. The zero-order chi connectivity index (χ0) is 9.42. The van der Waals surface area contributed by atoms with Gasteiger partial charge in [-0.25, -0.2) is 0 Å². The van der Waals surface area contributed by atoms with E-state index >= 15 is 0 Å². The lowest BCUT2D eigenvalue weighted by Gasteiger charge is -2.18. The topological polar surface area (TPSA) is 60.0 Å². The van der Waals surface area contributed by atoms with E-state index in [0.717, 1.165) is 30.6 Å². The minimum absolute atomic E-state index is 0.0886. The third-order valence-corrected chi connectivity index (χ3v) is 2.48. The summed E-state index contributed by atoms with van der Waals surface area (Å²) < 4.78 is 1.56. The average molecular weight is 179 g/mol. The fourth-order valence-electron chi connectivity index (χ4n) is 1.75. The van der Waals surface area contributed by atoms with Crippen LogP contribution < -0.4 is 16.6 Å². The van der Waals surface area contributed by atoms with Gasteiger partial charge in [-0.05, 0) is 18.5 Å². The summed E-state index contributed by atoms with van der Waals surface area (Å²) in [5.74, 6) is 0. The van der Waals surface area contributed by atoms with Gasteiger partial charge < -0.3 is 15.6 Å². The van der Waals surface area contributed by atoms with E-state index in [2.05, 4.69) is 5.32 Å². The molecular formula is C9H13N3O. The van der Waals surface area contributed by atoms with Crippen molar-refractivity contribution in [2.75, 3.05) is 12.3 Å². The summed E-state index contributed by atoms with van der Waals surface area (Å²) in [6.07, 6.45) is 2.47. The van der Waals surface area contributed by atoms with Crippen LogP contribution in [0.15, 0.2) is 11.0 Å². The molecule has 1 aromatic rings. The summed E-state index contributed by atoms with van der Waals surface area (Å²) in [4.78, 5) is 11.6. The van der Waals surface area contributed by atoms with Crippen molar-refractivity contribution in [1.82, 2.24) is 9.88 Å². The van der Waals surface area contributed by atoms with Gasteiger partial charge in [0.05, 0.1) is 5.69 Å². The van der Waals surface area contributed by atoms with Crippen LogP contribution >= 0.6 is 0 Å². The average Bonchev–Trinajstić information content (AvgIpc) is 2.15. The number of nitrogens with two attached hydrogens (primary N) is 1. The molecule has 0 bridgehead atoms. The molecule has 0 atom stereocenters. The molecule has 0 fully saturated rings. The van der Waals surface area contributed by atoms with Gasteiger partial charge in [-0.3, -0.25) is 4.79 Å². The van der Waals surface area contributed by atoms with E-state index in [1.807, 2.05) is 0 Å². The van der Waals surface area contributed by atoms with Gasteiger partial charge in [-0.2, -0.15) is 0 Å². The van der Waals surface area contributed by atoms with Crippen LogP contribution in [0.3, 0.4) is 0 Å². The van der Waals surface area contributed by atoms with E-state index in [1.54, 1.807) is 17.8 Å². The van der Waals surface area contributed by atoms with Crippen molar-refractivity contribution in [2.24, 2.45) is 7.05 Å². The van der Waals surface area contributed by atoms with Crippen LogP contribution in [0.4, 0.5) is 5.69 Å². The van der Waals surface area contributed by atoms with Gasteiger partial charge in [0.1, 0.15) is 0 Å². The SMILES string of the molecule is Cn1cc(N)c2c(c1=O)CCNC2. The maximum atomic E-state index is 11.6. The second-order valence-electron chi connectivity index (χ2n) is 3.38. The zero-order valence-corrected chi connectivity index (χ0v) is 7.63. The monoisotopic (exact) mass is 179 g/mol. The van der Waals surface area contributed by atoms with Crippen molar-refractivity contribution in [3.63, 3.8) is 0 Å². The molecule has 4 nitrogen and oxygen atoms in total. The van der Waals surface area contributed by atoms with Gasteiger partial charge in [0, 0.05) is 25.4 Å². The van der Waals surface area contributed by atoms with Crippen LogP contribution in [0.25, 0.3) is 0 Å². The Morgan fingerprint density at radius 3 is 3.08 bits per heavy atom. The van der Waals surface area contributed by atoms with Crippen molar-refractivity contribution in [3.8, 4) is 0 Å². The molecule has 0 aliphatic carbocycles. The molecule has 0 radical (unpaired) electrons. The molecule has 0 unspecified atom stereocenters. The highest BCUT2D eigenvalue weighted by Gasteiger charge is 2.15. The first-order valence-electron chi connectivity index (χ1n) is 4.37. The first kappa shape index (κ1) is 8.31. The maximum absolute atomic E-state index is 11.6. The number of pyridine rings is 1. The summed E-state index contributed by atoms with van der Waals surface area (Å²) in [5.41, 5.74) is 8.47. The van der Waals surface area contributed by atoms with Gasteiger partial charge in [-0.1, -0.05) is 0 Å². The van der Waals surface area contributed by atoms with Gasteiger partial charge >= 0.3 is 0 Å². The molecule has 1 aromatic heterocycles. The van der Waals surface area contributed by atoms with Crippen LogP contribution in [0.2, 0.25) is 0 Å². The number of rotatable bonds is 0. The predicted molar refractivity (Wildman–Crippen MR) is 51.5 cm³/mol. The van der Waals surface area contributed by atoms with Gasteiger partial charge in [0.15, 0.2) is 0 Å². The highest BCUT2D eigenvalue weighted by Crippen LogP contribution is 2.16. The summed E-state index contributed by atoms with van der Waals surface area (Å²) in [6.45, 7) is 1.59. The van der Waals surface area contributed by atoms with Gasteiger partial charge in [0.25, 0.3) is 5.56 Å². The highest BCUT2D eigenvalue weighted by atomic mass is 16.1. The third kappa shape index (κ3) is 1.23. The number of nitrogens with one attached hydrogen (secondary N) is 1. The number of nitrogens with zero attached hydrogens (tertiary/aromatic N) is 1. The Bertz CT molecular complexity index is 395. The van der Waals surface area contributed by atoms with E-state index in [-0.39, 0.29) is 5.56 Å². The summed E-state index contributed by atoms with van der Waals surface area (Å²) in [6, 6.07) is 0. The van der Waals surface area contributed by atoms with Gasteiger partial charge in [-0.15, -0.1) is 0 Å². The lowest BCUT2D eigenvalue weighted by atomic mass is 10.0. The van der Waals surface area contributed by atoms with Crippen LogP contribution in [-0.2, 0) is 20.0 Å². The Kier molecular flexibility index (Phi) is 1.84. The summed E-state index contributed by atoms with van der Waals surface area (Å²) in [5, 5.41) is 3.20. The fraction of sp³-hybridized carbons (Fsp3) is 0.444. The zero-order valence-electron chi connectivity index (χ0n) is 7.63. The number of aromatic nitrogens is 1. The van der Waals surface area contributed by atoms with Gasteiger partial charge in [0.2, 0.25) is 0 Å². The first-order chi connectivity index (χ1) is 6.20. The summed E-state index contributed by atoms with van der Waals surface area (Å²) in [7, 11) is 1.74. The molecule has 2 heterocycles. The van der Waals surface area contributed by atoms with E-state index in [0.29, 0.717) is 5.69 Å². The molecular weight excluding hydrogens is 166 g/mol. The second-order valence-corrected chi connectivity index (χ2v) is 3.38. The van der Waals surface area contributed by atoms with Crippen molar-refractivity contribution < 1.29 is 0 Å². The Balaban J connectivity index is 2.70. The molecule has 0 saturated carbocycles. The Morgan fingerprint density at radius 1 is 1.54 bits per heavy atom. The van der Waals surface area contributed by atoms with E-state index < -0.39 is 0 Å². The Hall–Kier alpha value is -1.29. The standard InChI is InChI=1S/C9H13N3O/c1-12-5-8(10)7-4-11-3-2-6(7)9(12)13/h5,11H,2-4,10H2,1H3. The normalized spacial score (nSPS) is 15.5. The molecule has 0 amide bonds. The molecule has 1 aliphatic rings. The van der Waals surface area contributed by atoms with Crippen molar-refractivity contribution in [2.45, 2.75) is 13.0 Å². The van der Waals surface area contributed by atoms with Crippen molar-refractivity contribution in [1.29, 1.82) is 0 Å². The number of fused-ring (bicyclic) bond motifs is 1. The molecule has 1 aliphatic heterocycles. The molecule has 13 heavy (non-hydrogen) atoms. The summed E-state index contributed by atoms with van der Waals surface area (Å²) >= 11 is 0. The van der Waals surface area contributed by atoms with E-state index in [9.17, 15) is 4.79 Å². The lowest BCUT2D eigenvalue weighted by Crippen LogP contribution is -2.33. The van der Waals surface area contributed by atoms with Crippen LogP contribution in [-0.4, -0.2) is 11.1 Å². The molecule has 0 saturated heterocycles. The number of nitrogen functional groups attached to an aromatic ring is 1. The van der Waals surface area contributed by atoms with Crippen LogP contribution in [0.5, 0.6) is 0 Å². The van der Waals surface area contributed by atoms with E-state index in [4.69, 9.17) is 5.73 Å². The predicted octanol–water partition coefficient (Wildman–Crippen LogP) is -0.387.